The number of anilines is 1. The van der Waals surface area contributed by atoms with Crippen molar-refractivity contribution in [2.45, 2.75) is 37.8 Å². The predicted molar refractivity (Wildman–Crippen MR) is 75.4 cm³/mol. The smallest absolute Gasteiger partial charge is 0.137 e. The topological polar surface area (TPSA) is 20.3 Å². The summed E-state index contributed by atoms with van der Waals surface area (Å²) in [5, 5.41) is 0. The number of benzene rings is 1. The molecule has 0 saturated carbocycles. The van der Waals surface area contributed by atoms with E-state index in [0.29, 0.717) is 30.7 Å². The number of hydrogen-bond acceptors (Lipinski definition) is 2. The number of halogens is 2. The first-order chi connectivity index (χ1) is 8.16. The number of nitrogens with zero attached hydrogens (tertiary/aromatic N) is 1. The van der Waals surface area contributed by atoms with Crippen LogP contribution < -0.4 is 4.90 Å². The minimum Gasteiger partial charge on any atom is -0.363 e. The van der Waals surface area contributed by atoms with Crippen LogP contribution in [-0.2, 0) is 4.79 Å². The van der Waals surface area contributed by atoms with E-state index in [4.69, 9.17) is 0 Å². The van der Waals surface area contributed by atoms with Gasteiger partial charge in [0.15, 0.2) is 0 Å². The molecule has 2 aliphatic rings. The number of hydrogen-bond donors (Lipinski definition) is 0. The maximum Gasteiger partial charge on any atom is 0.137 e. The van der Waals surface area contributed by atoms with Gasteiger partial charge in [-0.25, -0.2) is 0 Å². The lowest BCUT2D eigenvalue weighted by molar-refractivity contribution is -0.120. The summed E-state index contributed by atoms with van der Waals surface area (Å²) in [7, 11) is 0. The number of rotatable bonds is 1. The molecule has 2 unspecified atom stereocenters. The average molecular weight is 359 g/mol. The molecule has 0 aliphatic carbocycles. The summed E-state index contributed by atoms with van der Waals surface area (Å²) in [6.45, 7) is 0. The zero-order valence-electron chi connectivity index (χ0n) is 9.33. The van der Waals surface area contributed by atoms with Gasteiger partial charge in [-0.1, -0.05) is 6.07 Å². The van der Waals surface area contributed by atoms with Gasteiger partial charge in [0.05, 0.1) is 5.69 Å². The normalized spacial score (nSPS) is 27.6. The van der Waals surface area contributed by atoms with E-state index >= 15 is 0 Å². The van der Waals surface area contributed by atoms with Crippen molar-refractivity contribution in [2.75, 3.05) is 4.90 Å². The Balaban J connectivity index is 2.03. The molecule has 2 bridgehead atoms. The van der Waals surface area contributed by atoms with E-state index in [-0.39, 0.29) is 0 Å². The number of Topliss-reactive ketones (excluding diaryl/α,β-unsaturated/α-hetero) is 1. The van der Waals surface area contributed by atoms with Crippen molar-refractivity contribution in [3.8, 4) is 0 Å². The van der Waals surface area contributed by atoms with Gasteiger partial charge >= 0.3 is 0 Å². The monoisotopic (exact) mass is 357 g/mol. The summed E-state index contributed by atoms with van der Waals surface area (Å²) in [6, 6.07) is 6.95. The van der Waals surface area contributed by atoms with Gasteiger partial charge in [-0.05, 0) is 56.8 Å². The molecule has 3 rings (SSSR count). The van der Waals surface area contributed by atoms with Gasteiger partial charge in [0, 0.05) is 33.9 Å². The van der Waals surface area contributed by atoms with Crippen molar-refractivity contribution in [1.29, 1.82) is 0 Å². The lowest BCUT2D eigenvalue weighted by Crippen LogP contribution is -2.43. The molecule has 2 nitrogen and oxygen atoms in total. The predicted octanol–water partition coefficient (Wildman–Crippen LogP) is 3.91. The van der Waals surface area contributed by atoms with E-state index in [9.17, 15) is 4.79 Å². The lowest BCUT2D eigenvalue weighted by Gasteiger charge is -2.37. The summed E-state index contributed by atoms with van der Waals surface area (Å²) in [4.78, 5) is 14.1. The SMILES string of the molecule is O=C1CC2CCC(C1)N2c1c(Br)cccc1Br. The third-order valence-electron chi connectivity index (χ3n) is 3.74. The number of fused-ring (bicyclic) bond motifs is 2. The fourth-order valence-corrected chi connectivity index (χ4v) is 4.48. The molecule has 0 spiro atoms. The quantitative estimate of drug-likeness (QED) is 0.758. The number of piperidine rings is 1. The van der Waals surface area contributed by atoms with Crippen molar-refractivity contribution < 1.29 is 4.79 Å². The fourth-order valence-electron chi connectivity index (χ4n) is 3.07. The van der Waals surface area contributed by atoms with Gasteiger partial charge in [0.2, 0.25) is 0 Å². The van der Waals surface area contributed by atoms with Gasteiger partial charge < -0.3 is 4.90 Å². The second-order valence-corrected chi connectivity index (χ2v) is 6.52. The third-order valence-corrected chi connectivity index (χ3v) is 5.02. The molecule has 0 radical (unpaired) electrons. The molecule has 0 aromatic heterocycles. The molecule has 2 atom stereocenters. The van der Waals surface area contributed by atoms with Gasteiger partial charge in [0.25, 0.3) is 0 Å². The maximum absolute atomic E-state index is 11.6. The van der Waals surface area contributed by atoms with E-state index in [1.165, 1.54) is 5.69 Å². The van der Waals surface area contributed by atoms with Crippen LogP contribution >= 0.6 is 31.9 Å². The van der Waals surface area contributed by atoms with Gasteiger partial charge in [0.1, 0.15) is 5.78 Å². The second-order valence-electron chi connectivity index (χ2n) is 4.81. The highest BCUT2D eigenvalue weighted by molar-refractivity contribution is 9.11. The van der Waals surface area contributed by atoms with Crippen LogP contribution in [0.15, 0.2) is 27.1 Å². The van der Waals surface area contributed by atoms with Crippen molar-refractivity contribution in [3.05, 3.63) is 27.1 Å². The zero-order chi connectivity index (χ0) is 12.0. The lowest BCUT2D eigenvalue weighted by atomic mass is 10.0. The number of para-hydroxylation sites is 1. The van der Waals surface area contributed by atoms with E-state index in [0.717, 1.165) is 21.8 Å². The maximum atomic E-state index is 11.6. The Labute approximate surface area is 118 Å². The molecule has 17 heavy (non-hydrogen) atoms. The Bertz CT molecular complexity index is 438. The molecule has 2 heterocycles. The first-order valence-electron chi connectivity index (χ1n) is 5.91. The molecule has 4 heteroatoms. The molecule has 1 aromatic rings. The highest BCUT2D eigenvalue weighted by Gasteiger charge is 2.41. The second kappa shape index (κ2) is 4.39. The standard InChI is InChI=1S/C13H13Br2NO/c14-11-2-1-3-12(15)13(11)16-8-4-5-9(16)7-10(17)6-8/h1-3,8-9H,4-7H2. The van der Waals surface area contributed by atoms with Gasteiger partial charge in [-0.3, -0.25) is 4.79 Å². The Kier molecular flexibility index (Phi) is 3.03. The van der Waals surface area contributed by atoms with Crippen LogP contribution in [0, 0.1) is 0 Å². The van der Waals surface area contributed by atoms with Crippen LogP contribution in [0.4, 0.5) is 5.69 Å². The van der Waals surface area contributed by atoms with Crippen LogP contribution in [0.5, 0.6) is 0 Å². The van der Waals surface area contributed by atoms with Crippen molar-refractivity contribution >= 4 is 43.3 Å². The molecule has 2 fully saturated rings. The molecule has 0 N–H and O–H groups in total. The van der Waals surface area contributed by atoms with Crippen molar-refractivity contribution in [3.63, 3.8) is 0 Å². The largest absolute Gasteiger partial charge is 0.363 e. The van der Waals surface area contributed by atoms with Gasteiger partial charge in [-0.15, -0.1) is 0 Å². The molecule has 90 valence electrons. The van der Waals surface area contributed by atoms with Crippen molar-refractivity contribution in [2.24, 2.45) is 0 Å². The Hall–Kier alpha value is -0.350. The first kappa shape index (κ1) is 11.7. The fraction of sp³-hybridized carbons (Fsp3) is 0.462. The minimum absolute atomic E-state index is 0.399. The first-order valence-corrected chi connectivity index (χ1v) is 7.49. The molecule has 1 aromatic carbocycles. The van der Waals surface area contributed by atoms with Crippen LogP contribution in [-0.4, -0.2) is 17.9 Å². The van der Waals surface area contributed by atoms with Crippen LogP contribution in [0.3, 0.4) is 0 Å². The van der Waals surface area contributed by atoms with Crippen LogP contribution in [0.1, 0.15) is 25.7 Å². The highest BCUT2D eigenvalue weighted by atomic mass is 79.9. The molecule has 0 amide bonds. The zero-order valence-corrected chi connectivity index (χ0v) is 12.5. The summed E-state index contributed by atoms with van der Waals surface area (Å²) >= 11 is 7.25. The highest BCUT2D eigenvalue weighted by Crippen LogP contribution is 2.44. The Morgan fingerprint density at radius 3 is 2.12 bits per heavy atom. The van der Waals surface area contributed by atoms with Gasteiger partial charge in [-0.2, -0.15) is 0 Å². The van der Waals surface area contributed by atoms with Crippen LogP contribution in [0.25, 0.3) is 0 Å². The summed E-state index contributed by atoms with van der Waals surface area (Å²) in [5.74, 6) is 0.428. The molecule has 2 saturated heterocycles. The van der Waals surface area contributed by atoms with Crippen LogP contribution in [0.2, 0.25) is 0 Å². The van der Waals surface area contributed by atoms with Crippen molar-refractivity contribution in [1.82, 2.24) is 0 Å². The molecular weight excluding hydrogens is 346 g/mol. The minimum atomic E-state index is 0.399. The third kappa shape index (κ3) is 1.95. The van der Waals surface area contributed by atoms with E-state index in [1.807, 2.05) is 6.07 Å². The molecular formula is C13H13Br2NO. The summed E-state index contributed by atoms with van der Waals surface area (Å²) in [5.41, 5.74) is 1.22. The molecule has 2 aliphatic heterocycles. The number of ketones is 1. The average Bonchev–Trinajstić information content (AvgIpc) is 2.54. The Morgan fingerprint density at radius 1 is 1.06 bits per heavy atom. The number of carbonyl (C=O) groups excluding carboxylic acids is 1. The number of carbonyl (C=O) groups is 1. The van der Waals surface area contributed by atoms with E-state index < -0.39 is 0 Å². The van der Waals surface area contributed by atoms with E-state index in [2.05, 4.69) is 48.9 Å². The van der Waals surface area contributed by atoms with E-state index in [1.54, 1.807) is 0 Å². The summed E-state index contributed by atoms with van der Waals surface area (Å²) < 4.78 is 2.22. The summed E-state index contributed by atoms with van der Waals surface area (Å²) in [6.07, 6.45) is 3.71. The Morgan fingerprint density at radius 2 is 1.59 bits per heavy atom.